The van der Waals surface area contributed by atoms with Gasteiger partial charge in [-0.15, -0.1) is 0 Å². The number of carbonyl (C=O) groups excluding carboxylic acids is 1. The average Bonchev–Trinajstić information content (AvgIpc) is 2.93. The lowest BCUT2D eigenvalue weighted by atomic mass is 10.0. The number of hydrogen-bond acceptors (Lipinski definition) is 2. The van der Waals surface area contributed by atoms with Crippen molar-refractivity contribution >= 4 is 16.8 Å². The van der Waals surface area contributed by atoms with Gasteiger partial charge in [0.2, 0.25) is 0 Å². The number of nitrogens with one attached hydrogen (secondary N) is 1. The minimum Gasteiger partial charge on any atom is -0.387 e. The number of rotatable bonds is 4. The van der Waals surface area contributed by atoms with E-state index in [0.29, 0.717) is 5.56 Å². The number of aliphatic hydroxyl groups is 1. The summed E-state index contributed by atoms with van der Waals surface area (Å²) in [5.74, 6) is -0.160. The van der Waals surface area contributed by atoms with Gasteiger partial charge in [-0.05, 0) is 54.6 Å². The molecule has 3 aromatic rings. The molecule has 0 aliphatic carbocycles. The fourth-order valence-electron chi connectivity index (χ4n) is 2.98. The molecule has 124 valence electrons. The molecule has 0 bridgehead atoms. The highest BCUT2D eigenvalue weighted by Crippen LogP contribution is 2.21. The smallest absolute Gasteiger partial charge is 0.251 e. The van der Waals surface area contributed by atoms with E-state index in [0.717, 1.165) is 27.6 Å². The maximum Gasteiger partial charge on any atom is 0.251 e. The Balaban J connectivity index is 1.69. The number of carbonyl (C=O) groups is 1. The fraction of sp³-hybridized carbons (Fsp3) is 0.250. The van der Waals surface area contributed by atoms with Crippen LogP contribution in [0.15, 0.2) is 48.7 Å². The monoisotopic (exact) mass is 322 g/mol. The van der Waals surface area contributed by atoms with Crippen LogP contribution in [0.4, 0.5) is 0 Å². The van der Waals surface area contributed by atoms with Crippen LogP contribution in [0.1, 0.15) is 33.2 Å². The normalized spacial score (nSPS) is 12.3. The molecule has 2 N–H and O–H groups in total. The van der Waals surface area contributed by atoms with E-state index >= 15 is 0 Å². The molecule has 1 unspecified atom stereocenters. The highest BCUT2D eigenvalue weighted by atomic mass is 16.3. The molecule has 4 nitrogen and oxygen atoms in total. The predicted molar refractivity (Wildman–Crippen MR) is 96.1 cm³/mol. The topological polar surface area (TPSA) is 54.3 Å². The van der Waals surface area contributed by atoms with Gasteiger partial charge in [0.1, 0.15) is 0 Å². The molecule has 0 radical (unpaired) electrons. The van der Waals surface area contributed by atoms with Crippen molar-refractivity contribution in [1.29, 1.82) is 0 Å². The van der Waals surface area contributed by atoms with Gasteiger partial charge < -0.3 is 15.0 Å². The first-order valence-electron chi connectivity index (χ1n) is 8.04. The first-order chi connectivity index (χ1) is 11.5. The van der Waals surface area contributed by atoms with Gasteiger partial charge in [-0.25, -0.2) is 0 Å². The summed E-state index contributed by atoms with van der Waals surface area (Å²) < 4.78 is 2.04. The quantitative estimate of drug-likeness (QED) is 0.774. The molecular weight excluding hydrogens is 300 g/mol. The molecule has 4 heteroatoms. The van der Waals surface area contributed by atoms with Crippen molar-refractivity contribution < 1.29 is 9.90 Å². The summed E-state index contributed by atoms with van der Waals surface area (Å²) in [5, 5.41) is 14.3. The van der Waals surface area contributed by atoms with Crippen LogP contribution < -0.4 is 5.32 Å². The van der Waals surface area contributed by atoms with Crippen LogP contribution >= 0.6 is 0 Å². The third kappa shape index (κ3) is 3.19. The molecule has 1 heterocycles. The molecule has 0 fully saturated rings. The SMILES string of the molecule is Cc1ccc(C(=O)NCC(O)c2ccc3c(ccn3C)c2)c(C)c1. The molecular formula is C20H22N2O2. The highest BCUT2D eigenvalue weighted by molar-refractivity contribution is 5.95. The summed E-state index contributed by atoms with van der Waals surface area (Å²) in [4.78, 5) is 12.3. The number of fused-ring (bicyclic) bond motifs is 1. The van der Waals surface area contributed by atoms with E-state index in [1.165, 1.54) is 0 Å². The van der Waals surface area contributed by atoms with Gasteiger partial charge in [-0.3, -0.25) is 4.79 Å². The Labute approximate surface area is 141 Å². The number of aryl methyl sites for hydroxylation is 3. The second-order valence-corrected chi connectivity index (χ2v) is 6.29. The zero-order valence-corrected chi connectivity index (χ0v) is 14.2. The molecule has 1 amide bonds. The molecule has 1 aromatic heterocycles. The van der Waals surface area contributed by atoms with Gasteiger partial charge in [0.25, 0.3) is 5.91 Å². The van der Waals surface area contributed by atoms with Crippen molar-refractivity contribution in [3.05, 3.63) is 70.9 Å². The largest absolute Gasteiger partial charge is 0.387 e. The summed E-state index contributed by atoms with van der Waals surface area (Å²) in [5.41, 5.74) is 4.62. The first-order valence-corrected chi connectivity index (χ1v) is 8.04. The lowest BCUT2D eigenvalue weighted by molar-refractivity contribution is 0.0916. The Hall–Kier alpha value is -2.59. The maximum atomic E-state index is 12.3. The highest BCUT2D eigenvalue weighted by Gasteiger charge is 2.13. The van der Waals surface area contributed by atoms with E-state index < -0.39 is 6.10 Å². The summed E-state index contributed by atoms with van der Waals surface area (Å²) in [6, 6.07) is 13.6. The summed E-state index contributed by atoms with van der Waals surface area (Å²) in [6.07, 6.45) is 1.26. The van der Waals surface area contributed by atoms with Crippen molar-refractivity contribution in [2.24, 2.45) is 7.05 Å². The van der Waals surface area contributed by atoms with E-state index in [1.54, 1.807) is 0 Å². The molecule has 0 aliphatic rings. The van der Waals surface area contributed by atoms with Gasteiger partial charge in [-0.2, -0.15) is 0 Å². The molecule has 0 saturated heterocycles. The number of aliphatic hydroxyl groups excluding tert-OH is 1. The Bertz CT molecular complexity index is 896. The number of hydrogen-bond donors (Lipinski definition) is 2. The van der Waals surface area contributed by atoms with Gasteiger partial charge in [0, 0.05) is 30.9 Å². The molecule has 24 heavy (non-hydrogen) atoms. The lowest BCUT2D eigenvalue weighted by Gasteiger charge is -2.14. The van der Waals surface area contributed by atoms with Crippen LogP contribution in [0.3, 0.4) is 0 Å². The van der Waals surface area contributed by atoms with Crippen molar-refractivity contribution in [2.45, 2.75) is 20.0 Å². The van der Waals surface area contributed by atoms with Crippen LogP contribution in [0.2, 0.25) is 0 Å². The zero-order chi connectivity index (χ0) is 17.3. The van der Waals surface area contributed by atoms with Crippen molar-refractivity contribution in [1.82, 2.24) is 9.88 Å². The molecule has 3 rings (SSSR count). The van der Waals surface area contributed by atoms with Gasteiger partial charge in [0.15, 0.2) is 0 Å². The minimum absolute atomic E-state index is 0.160. The summed E-state index contributed by atoms with van der Waals surface area (Å²) in [7, 11) is 1.99. The van der Waals surface area contributed by atoms with Gasteiger partial charge in [-0.1, -0.05) is 23.8 Å². The van der Waals surface area contributed by atoms with E-state index in [-0.39, 0.29) is 12.5 Å². The van der Waals surface area contributed by atoms with Crippen LogP contribution in [-0.2, 0) is 7.05 Å². The summed E-state index contributed by atoms with van der Waals surface area (Å²) >= 11 is 0. The van der Waals surface area contributed by atoms with E-state index in [9.17, 15) is 9.90 Å². The summed E-state index contributed by atoms with van der Waals surface area (Å²) in [6.45, 7) is 4.10. The van der Waals surface area contributed by atoms with Crippen LogP contribution in [0.25, 0.3) is 10.9 Å². The third-order valence-corrected chi connectivity index (χ3v) is 4.38. The molecule has 1 atom stereocenters. The Kier molecular flexibility index (Phi) is 4.40. The number of amides is 1. The fourth-order valence-corrected chi connectivity index (χ4v) is 2.98. The number of aromatic nitrogens is 1. The predicted octanol–water partition coefficient (Wildman–Crippen LogP) is 3.26. The Morgan fingerprint density at radius 2 is 1.96 bits per heavy atom. The van der Waals surface area contributed by atoms with Crippen molar-refractivity contribution in [3.63, 3.8) is 0 Å². The van der Waals surface area contributed by atoms with Gasteiger partial charge in [0.05, 0.1) is 6.10 Å². The van der Waals surface area contributed by atoms with E-state index in [1.807, 2.05) is 74.1 Å². The second kappa shape index (κ2) is 6.49. The maximum absolute atomic E-state index is 12.3. The van der Waals surface area contributed by atoms with E-state index in [2.05, 4.69) is 5.32 Å². The third-order valence-electron chi connectivity index (χ3n) is 4.38. The zero-order valence-electron chi connectivity index (χ0n) is 14.2. The molecule has 2 aromatic carbocycles. The minimum atomic E-state index is -0.732. The van der Waals surface area contributed by atoms with E-state index in [4.69, 9.17) is 0 Å². The van der Waals surface area contributed by atoms with Crippen LogP contribution in [0, 0.1) is 13.8 Å². The number of benzene rings is 2. The van der Waals surface area contributed by atoms with Crippen molar-refractivity contribution in [3.8, 4) is 0 Å². The van der Waals surface area contributed by atoms with Gasteiger partial charge >= 0.3 is 0 Å². The Morgan fingerprint density at radius 3 is 2.71 bits per heavy atom. The Morgan fingerprint density at radius 1 is 1.17 bits per heavy atom. The standard InChI is InChI=1S/C20H22N2O2/c1-13-4-6-17(14(2)10-13)20(24)21-12-19(23)16-5-7-18-15(11-16)8-9-22(18)3/h4-11,19,23H,12H2,1-3H3,(H,21,24). The molecule has 0 saturated carbocycles. The molecule has 0 aliphatic heterocycles. The first kappa shape index (κ1) is 16.3. The molecule has 0 spiro atoms. The average molecular weight is 322 g/mol. The number of nitrogens with zero attached hydrogens (tertiary/aromatic N) is 1. The van der Waals surface area contributed by atoms with Crippen LogP contribution in [-0.4, -0.2) is 22.1 Å². The lowest BCUT2D eigenvalue weighted by Crippen LogP contribution is -2.28. The second-order valence-electron chi connectivity index (χ2n) is 6.29. The van der Waals surface area contributed by atoms with Crippen molar-refractivity contribution in [2.75, 3.05) is 6.54 Å². The van der Waals surface area contributed by atoms with Crippen LogP contribution in [0.5, 0.6) is 0 Å².